The quantitative estimate of drug-likeness (QED) is 0.545. The van der Waals surface area contributed by atoms with E-state index in [1.807, 2.05) is 0 Å². The number of carbonyl (C=O) groups excluding carboxylic acids is 2. The molecule has 2 heterocycles. The summed E-state index contributed by atoms with van der Waals surface area (Å²) in [5.41, 5.74) is 0.524. The molecule has 7 nitrogen and oxygen atoms in total. The van der Waals surface area contributed by atoms with Crippen LogP contribution < -0.4 is 20.6 Å². The highest BCUT2D eigenvalue weighted by molar-refractivity contribution is 6.06. The summed E-state index contributed by atoms with van der Waals surface area (Å²) >= 11 is 0. The van der Waals surface area contributed by atoms with Crippen molar-refractivity contribution in [3.63, 3.8) is 0 Å². The molecule has 0 spiro atoms. The van der Waals surface area contributed by atoms with E-state index < -0.39 is 17.6 Å². The molecule has 0 bridgehead atoms. The number of nitrogens with zero attached hydrogens (tertiary/aromatic N) is 1. The van der Waals surface area contributed by atoms with Gasteiger partial charge in [-0.05, 0) is 37.3 Å². The van der Waals surface area contributed by atoms with E-state index in [0.717, 1.165) is 0 Å². The van der Waals surface area contributed by atoms with Gasteiger partial charge in [-0.3, -0.25) is 9.59 Å². The number of anilines is 2. The van der Waals surface area contributed by atoms with E-state index in [1.165, 1.54) is 11.0 Å². The second kappa shape index (κ2) is 7.27. The summed E-state index contributed by atoms with van der Waals surface area (Å²) in [5, 5.41) is 3.33. The Morgan fingerprint density at radius 3 is 2.79 bits per heavy atom. The van der Waals surface area contributed by atoms with Crippen LogP contribution in [0.4, 0.5) is 11.4 Å². The van der Waals surface area contributed by atoms with Crippen molar-refractivity contribution in [2.24, 2.45) is 0 Å². The molecule has 0 aliphatic carbocycles. The fraction of sp³-hybridized carbons (Fsp3) is 0.136. The molecule has 3 aromatic rings. The number of amides is 2. The molecule has 0 saturated carbocycles. The molecule has 0 saturated heterocycles. The molecule has 0 radical (unpaired) electrons. The molecule has 1 aliphatic heterocycles. The highest BCUT2D eigenvalue weighted by Gasteiger charge is 2.31. The lowest BCUT2D eigenvalue weighted by Gasteiger charge is -2.32. The first-order valence-electron chi connectivity index (χ1n) is 9.05. The van der Waals surface area contributed by atoms with Crippen LogP contribution >= 0.6 is 0 Å². The number of nitrogens with one attached hydrogen (secondary N) is 1. The van der Waals surface area contributed by atoms with E-state index in [-0.39, 0.29) is 11.5 Å². The SMILES string of the molecule is C=CCN1C(=O)C(C)Oc2ccc(NC(=O)c3cc4ccccc4oc3=O)cc21. The molecule has 0 fully saturated rings. The summed E-state index contributed by atoms with van der Waals surface area (Å²) in [6, 6.07) is 13.4. The van der Waals surface area contributed by atoms with Crippen LogP contribution in [-0.2, 0) is 4.79 Å². The van der Waals surface area contributed by atoms with Crippen LogP contribution in [0.3, 0.4) is 0 Å². The van der Waals surface area contributed by atoms with Crippen molar-refractivity contribution in [1.29, 1.82) is 0 Å². The third kappa shape index (κ3) is 3.38. The maximum absolute atomic E-state index is 12.7. The number of rotatable bonds is 4. The van der Waals surface area contributed by atoms with Gasteiger partial charge in [-0.1, -0.05) is 24.3 Å². The lowest BCUT2D eigenvalue weighted by Crippen LogP contribution is -2.44. The third-order valence-corrected chi connectivity index (χ3v) is 4.62. The smallest absolute Gasteiger partial charge is 0.349 e. The lowest BCUT2D eigenvalue weighted by atomic mass is 10.1. The number of hydrogen-bond donors (Lipinski definition) is 1. The van der Waals surface area contributed by atoms with Gasteiger partial charge in [0.15, 0.2) is 6.10 Å². The van der Waals surface area contributed by atoms with Gasteiger partial charge in [-0.15, -0.1) is 6.58 Å². The van der Waals surface area contributed by atoms with E-state index in [0.29, 0.717) is 34.6 Å². The zero-order valence-electron chi connectivity index (χ0n) is 15.7. The third-order valence-electron chi connectivity index (χ3n) is 4.62. The monoisotopic (exact) mass is 390 g/mol. The van der Waals surface area contributed by atoms with Crippen LogP contribution in [0.25, 0.3) is 11.0 Å². The largest absolute Gasteiger partial charge is 0.479 e. The zero-order valence-corrected chi connectivity index (χ0v) is 15.7. The van der Waals surface area contributed by atoms with Gasteiger partial charge in [-0.25, -0.2) is 4.79 Å². The number of ether oxygens (including phenoxy) is 1. The summed E-state index contributed by atoms with van der Waals surface area (Å²) in [6.45, 7) is 5.67. The van der Waals surface area contributed by atoms with Gasteiger partial charge in [0.2, 0.25) is 0 Å². The van der Waals surface area contributed by atoms with E-state index in [4.69, 9.17) is 9.15 Å². The zero-order chi connectivity index (χ0) is 20.5. The van der Waals surface area contributed by atoms with E-state index in [2.05, 4.69) is 11.9 Å². The number of fused-ring (bicyclic) bond motifs is 2. The lowest BCUT2D eigenvalue weighted by molar-refractivity contribution is -0.125. The molecule has 1 N–H and O–H groups in total. The van der Waals surface area contributed by atoms with E-state index in [9.17, 15) is 14.4 Å². The number of hydrogen-bond acceptors (Lipinski definition) is 5. The van der Waals surface area contributed by atoms with Crippen LogP contribution in [0.2, 0.25) is 0 Å². The summed E-state index contributed by atoms with van der Waals surface area (Å²) < 4.78 is 10.8. The number of benzene rings is 2. The molecular formula is C22H18N2O5. The molecule has 1 aromatic heterocycles. The molecule has 1 unspecified atom stereocenters. The second-order valence-corrected chi connectivity index (χ2v) is 6.62. The first-order valence-corrected chi connectivity index (χ1v) is 9.05. The van der Waals surface area contributed by atoms with Crippen molar-refractivity contribution in [2.75, 3.05) is 16.8 Å². The average molecular weight is 390 g/mol. The van der Waals surface area contributed by atoms with Crippen molar-refractivity contribution in [1.82, 2.24) is 0 Å². The van der Waals surface area contributed by atoms with Crippen molar-refractivity contribution >= 4 is 34.2 Å². The minimum atomic E-state index is -0.722. The maximum Gasteiger partial charge on any atom is 0.349 e. The predicted molar refractivity (Wildman–Crippen MR) is 110 cm³/mol. The van der Waals surface area contributed by atoms with Crippen LogP contribution in [0, 0.1) is 0 Å². The highest BCUT2D eigenvalue weighted by Crippen LogP contribution is 2.36. The number of para-hydroxylation sites is 1. The predicted octanol–water partition coefficient (Wildman–Crippen LogP) is 3.35. The molecule has 29 heavy (non-hydrogen) atoms. The first-order chi connectivity index (χ1) is 14.0. The van der Waals surface area contributed by atoms with Crippen LogP contribution in [0.5, 0.6) is 5.75 Å². The standard InChI is InChI=1S/C22H18N2O5/c1-3-10-24-17-12-15(8-9-19(17)28-13(2)21(24)26)23-20(25)16-11-14-6-4-5-7-18(14)29-22(16)27/h3-9,11-13H,1,10H2,2H3,(H,23,25). The number of carbonyl (C=O) groups is 2. The Morgan fingerprint density at radius 2 is 2.00 bits per heavy atom. The van der Waals surface area contributed by atoms with Gasteiger partial charge in [0.25, 0.3) is 11.8 Å². The Hall–Kier alpha value is -3.87. The molecule has 2 aromatic carbocycles. The van der Waals surface area contributed by atoms with E-state index in [1.54, 1.807) is 55.5 Å². The van der Waals surface area contributed by atoms with Gasteiger partial charge in [0.05, 0.1) is 5.69 Å². The minimum absolute atomic E-state index is 0.106. The Balaban J connectivity index is 1.66. The fourth-order valence-electron chi connectivity index (χ4n) is 3.22. The van der Waals surface area contributed by atoms with Crippen molar-refractivity contribution in [3.8, 4) is 5.75 Å². The van der Waals surface area contributed by atoms with Crippen molar-refractivity contribution < 1.29 is 18.7 Å². The minimum Gasteiger partial charge on any atom is -0.479 e. The summed E-state index contributed by atoms with van der Waals surface area (Å²) in [5.74, 6) is -0.269. The fourth-order valence-corrected chi connectivity index (χ4v) is 3.22. The normalized spacial score (nSPS) is 15.6. The topological polar surface area (TPSA) is 88.8 Å². The first kappa shape index (κ1) is 18.5. The summed E-state index contributed by atoms with van der Waals surface area (Å²) in [7, 11) is 0. The maximum atomic E-state index is 12.7. The molecule has 2 amide bonds. The molecule has 7 heteroatoms. The van der Waals surface area contributed by atoms with Crippen molar-refractivity contribution in [2.45, 2.75) is 13.0 Å². The molecule has 4 rings (SSSR count). The molecule has 1 aliphatic rings. The summed E-state index contributed by atoms with van der Waals surface area (Å²) in [4.78, 5) is 38.8. The average Bonchev–Trinajstić information content (AvgIpc) is 2.71. The molecular weight excluding hydrogens is 372 g/mol. The molecule has 1 atom stereocenters. The Labute approximate surface area is 166 Å². The van der Waals surface area contributed by atoms with Crippen LogP contribution in [-0.4, -0.2) is 24.5 Å². The van der Waals surface area contributed by atoms with Gasteiger partial charge in [0.1, 0.15) is 16.9 Å². The molecule has 146 valence electrons. The van der Waals surface area contributed by atoms with Crippen LogP contribution in [0.15, 0.2) is 70.4 Å². The van der Waals surface area contributed by atoms with Crippen molar-refractivity contribution in [3.05, 3.63) is 77.2 Å². The van der Waals surface area contributed by atoms with Gasteiger partial charge in [-0.2, -0.15) is 0 Å². The Kier molecular flexibility index (Phi) is 4.64. The Morgan fingerprint density at radius 1 is 1.21 bits per heavy atom. The summed E-state index contributed by atoms with van der Waals surface area (Å²) in [6.07, 6.45) is 1.01. The van der Waals surface area contributed by atoms with Gasteiger partial charge in [0, 0.05) is 17.6 Å². The van der Waals surface area contributed by atoms with Gasteiger partial charge >= 0.3 is 5.63 Å². The highest BCUT2D eigenvalue weighted by atomic mass is 16.5. The van der Waals surface area contributed by atoms with Gasteiger partial charge < -0.3 is 19.4 Å². The van der Waals surface area contributed by atoms with Crippen LogP contribution in [0.1, 0.15) is 17.3 Å². The second-order valence-electron chi connectivity index (χ2n) is 6.62. The van der Waals surface area contributed by atoms with E-state index >= 15 is 0 Å². The Bertz CT molecular complexity index is 1200.